The molecule has 0 radical (unpaired) electrons. The highest BCUT2D eigenvalue weighted by Crippen LogP contribution is 2.31. The van der Waals surface area contributed by atoms with Crippen LogP contribution in [-0.2, 0) is 9.47 Å². The predicted octanol–water partition coefficient (Wildman–Crippen LogP) is 4.06. The molecule has 8 heteroatoms. The Morgan fingerprint density at radius 1 is 1.20 bits per heavy atom. The van der Waals surface area contributed by atoms with E-state index in [-0.39, 0.29) is 23.6 Å². The van der Waals surface area contributed by atoms with Gasteiger partial charge in [-0.1, -0.05) is 12.1 Å². The first kappa shape index (κ1) is 21.5. The molecule has 0 N–H and O–H groups in total. The van der Waals surface area contributed by atoms with Crippen molar-refractivity contribution < 1.29 is 28.2 Å². The largest absolute Gasteiger partial charge is 0.472 e. The molecule has 0 aliphatic carbocycles. The number of ether oxygens (including phenoxy) is 3. The minimum Gasteiger partial charge on any atom is -0.472 e. The normalized spacial score (nSPS) is 16.3. The molecular weight excluding hydrogens is 391 g/mol. The lowest BCUT2D eigenvalue weighted by atomic mass is 10.1. The molecule has 30 heavy (non-hydrogen) atoms. The van der Waals surface area contributed by atoms with Crippen molar-refractivity contribution in [2.45, 2.75) is 38.9 Å². The van der Waals surface area contributed by atoms with Gasteiger partial charge in [0.05, 0.1) is 19.2 Å². The maximum Gasteiger partial charge on any atom is 0.410 e. The second-order valence-corrected chi connectivity index (χ2v) is 8.03. The predicted molar refractivity (Wildman–Crippen MR) is 108 cm³/mol. The van der Waals surface area contributed by atoms with Crippen LogP contribution in [0, 0.1) is 5.82 Å². The Hall–Kier alpha value is -3.16. The molecule has 1 aliphatic rings. The standard InChI is InChI=1S/C22H25FN2O5/c1-22(2,3)30-21(27)25-10-9-17(13-25)29-19-18(14-5-7-16(23)8-6-14)11-15(12-24-19)20(26)28-4/h5-8,11-12,17H,9-10,13H2,1-4H3/t17-/m0/s1. The Morgan fingerprint density at radius 3 is 2.53 bits per heavy atom. The van der Waals surface area contributed by atoms with Gasteiger partial charge in [-0.3, -0.25) is 0 Å². The van der Waals surface area contributed by atoms with Gasteiger partial charge in [0.2, 0.25) is 5.88 Å². The van der Waals surface area contributed by atoms with Crippen molar-refractivity contribution in [3.8, 4) is 17.0 Å². The SMILES string of the molecule is COC(=O)c1cnc(O[C@H]2CCN(C(=O)OC(C)(C)C)C2)c(-c2ccc(F)cc2)c1. The van der Waals surface area contributed by atoms with E-state index in [0.29, 0.717) is 36.5 Å². The Labute approximate surface area is 174 Å². The third-order valence-corrected chi connectivity index (χ3v) is 4.50. The summed E-state index contributed by atoms with van der Waals surface area (Å²) in [4.78, 5) is 30.1. The molecule has 1 amide bonds. The monoisotopic (exact) mass is 416 g/mol. The summed E-state index contributed by atoms with van der Waals surface area (Å²) < 4.78 is 29.6. The van der Waals surface area contributed by atoms with Crippen LogP contribution >= 0.6 is 0 Å². The summed E-state index contributed by atoms with van der Waals surface area (Å²) in [5.74, 6) is -0.609. The van der Waals surface area contributed by atoms with Gasteiger partial charge < -0.3 is 19.1 Å². The fourth-order valence-electron chi connectivity index (χ4n) is 3.09. The number of hydrogen-bond donors (Lipinski definition) is 0. The Balaban J connectivity index is 1.81. The summed E-state index contributed by atoms with van der Waals surface area (Å²) in [6.45, 7) is 6.31. The minimum atomic E-state index is -0.572. The van der Waals surface area contributed by atoms with Crippen LogP contribution in [0.15, 0.2) is 36.5 Å². The number of nitrogens with zero attached hydrogens (tertiary/aromatic N) is 2. The number of aromatic nitrogens is 1. The van der Waals surface area contributed by atoms with Crippen LogP contribution < -0.4 is 4.74 Å². The average molecular weight is 416 g/mol. The zero-order valence-corrected chi connectivity index (χ0v) is 17.5. The number of benzene rings is 1. The number of carbonyl (C=O) groups excluding carboxylic acids is 2. The fraction of sp³-hybridized carbons (Fsp3) is 0.409. The van der Waals surface area contributed by atoms with Gasteiger partial charge >= 0.3 is 12.1 Å². The van der Waals surface area contributed by atoms with Crippen molar-refractivity contribution in [1.82, 2.24) is 9.88 Å². The maximum absolute atomic E-state index is 13.4. The minimum absolute atomic E-state index is 0.256. The van der Waals surface area contributed by atoms with E-state index in [1.165, 1.54) is 25.4 Å². The van der Waals surface area contributed by atoms with E-state index in [4.69, 9.17) is 14.2 Å². The van der Waals surface area contributed by atoms with Gasteiger partial charge in [0.25, 0.3) is 0 Å². The molecule has 1 saturated heterocycles. The lowest BCUT2D eigenvalue weighted by Gasteiger charge is -2.24. The van der Waals surface area contributed by atoms with E-state index in [0.717, 1.165) is 0 Å². The highest BCUT2D eigenvalue weighted by Gasteiger charge is 2.31. The molecule has 7 nitrogen and oxygen atoms in total. The zero-order valence-electron chi connectivity index (χ0n) is 17.5. The lowest BCUT2D eigenvalue weighted by molar-refractivity contribution is 0.0274. The van der Waals surface area contributed by atoms with Crippen molar-refractivity contribution >= 4 is 12.1 Å². The molecule has 3 rings (SSSR count). The first-order chi connectivity index (χ1) is 14.2. The fourth-order valence-corrected chi connectivity index (χ4v) is 3.09. The highest BCUT2D eigenvalue weighted by atomic mass is 19.1. The van der Waals surface area contributed by atoms with Crippen molar-refractivity contribution in [1.29, 1.82) is 0 Å². The third kappa shape index (κ3) is 5.25. The molecular formula is C22H25FN2O5. The summed E-state index contributed by atoms with van der Waals surface area (Å²) in [7, 11) is 1.29. The first-order valence-electron chi connectivity index (χ1n) is 9.65. The topological polar surface area (TPSA) is 78.0 Å². The molecule has 1 aliphatic heterocycles. The molecule has 2 heterocycles. The maximum atomic E-state index is 13.4. The summed E-state index contributed by atoms with van der Waals surface area (Å²) in [6, 6.07) is 7.42. The van der Waals surface area contributed by atoms with Gasteiger partial charge in [-0.15, -0.1) is 0 Å². The smallest absolute Gasteiger partial charge is 0.410 e. The van der Waals surface area contributed by atoms with Gasteiger partial charge in [-0.2, -0.15) is 0 Å². The number of rotatable bonds is 4. The van der Waals surface area contributed by atoms with Gasteiger partial charge in [0.1, 0.15) is 17.5 Å². The first-order valence-corrected chi connectivity index (χ1v) is 9.65. The summed E-state index contributed by atoms with van der Waals surface area (Å²) in [5.41, 5.74) is 0.864. The number of carbonyl (C=O) groups is 2. The molecule has 1 aromatic heterocycles. The molecule has 160 valence electrons. The van der Waals surface area contributed by atoms with Crippen LogP contribution in [0.1, 0.15) is 37.6 Å². The van der Waals surface area contributed by atoms with Crippen LogP contribution in [0.3, 0.4) is 0 Å². The second-order valence-electron chi connectivity index (χ2n) is 8.03. The summed E-state index contributed by atoms with van der Waals surface area (Å²) in [6.07, 6.45) is 1.31. The van der Waals surface area contributed by atoms with Crippen molar-refractivity contribution in [3.05, 3.63) is 47.9 Å². The molecule has 0 unspecified atom stereocenters. The summed E-state index contributed by atoms with van der Waals surface area (Å²) >= 11 is 0. The van der Waals surface area contributed by atoms with E-state index in [1.54, 1.807) is 23.1 Å². The lowest BCUT2D eigenvalue weighted by Crippen LogP contribution is -2.36. The average Bonchev–Trinajstić information content (AvgIpc) is 3.16. The van der Waals surface area contributed by atoms with E-state index in [1.807, 2.05) is 20.8 Å². The number of likely N-dealkylation sites (tertiary alicyclic amines) is 1. The van der Waals surface area contributed by atoms with Crippen molar-refractivity contribution in [3.63, 3.8) is 0 Å². The van der Waals surface area contributed by atoms with Crippen molar-refractivity contribution in [2.24, 2.45) is 0 Å². The third-order valence-electron chi connectivity index (χ3n) is 4.50. The van der Waals surface area contributed by atoms with Crippen LogP contribution in [0.25, 0.3) is 11.1 Å². The van der Waals surface area contributed by atoms with Gasteiger partial charge in [-0.25, -0.2) is 19.0 Å². The van der Waals surface area contributed by atoms with Crippen LogP contribution in [0.4, 0.5) is 9.18 Å². The number of hydrogen-bond acceptors (Lipinski definition) is 6. The second kappa shape index (κ2) is 8.69. The van der Waals surface area contributed by atoms with Crippen LogP contribution in [0.2, 0.25) is 0 Å². The number of amides is 1. The number of esters is 1. The molecule has 1 atom stereocenters. The van der Waals surface area contributed by atoms with E-state index < -0.39 is 11.6 Å². The molecule has 0 saturated carbocycles. The Kier molecular flexibility index (Phi) is 6.24. The zero-order chi connectivity index (χ0) is 21.9. The number of halogens is 1. The van der Waals surface area contributed by atoms with E-state index >= 15 is 0 Å². The molecule has 0 spiro atoms. The van der Waals surface area contributed by atoms with E-state index in [2.05, 4.69) is 4.98 Å². The van der Waals surface area contributed by atoms with Crippen LogP contribution in [0.5, 0.6) is 5.88 Å². The van der Waals surface area contributed by atoms with Gasteiger partial charge in [0.15, 0.2) is 0 Å². The highest BCUT2D eigenvalue weighted by molar-refractivity contribution is 5.91. The van der Waals surface area contributed by atoms with E-state index in [9.17, 15) is 14.0 Å². The number of methoxy groups -OCH3 is 1. The number of pyridine rings is 1. The summed E-state index contributed by atoms with van der Waals surface area (Å²) in [5, 5.41) is 0. The Morgan fingerprint density at radius 2 is 1.90 bits per heavy atom. The molecule has 1 fully saturated rings. The van der Waals surface area contributed by atoms with Gasteiger partial charge in [-0.05, 0) is 44.5 Å². The molecule has 2 aromatic rings. The van der Waals surface area contributed by atoms with Crippen molar-refractivity contribution in [2.75, 3.05) is 20.2 Å². The molecule has 0 bridgehead atoms. The van der Waals surface area contributed by atoms with Crippen LogP contribution in [-0.4, -0.2) is 53.9 Å². The van der Waals surface area contributed by atoms with Gasteiger partial charge in [0, 0.05) is 24.7 Å². The quantitative estimate of drug-likeness (QED) is 0.700. The molecule has 1 aromatic carbocycles. The Bertz CT molecular complexity index is 924.